The van der Waals surface area contributed by atoms with Crippen molar-refractivity contribution >= 4 is 21.7 Å². The molecule has 0 atom stereocenters. The van der Waals surface area contributed by atoms with Gasteiger partial charge in [-0.25, -0.2) is 0 Å². The fourth-order valence-electron chi connectivity index (χ4n) is 3.08. The summed E-state index contributed by atoms with van der Waals surface area (Å²) >= 11 is 3.45. The minimum absolute atomic E-state index is 0.159. The van der Waals surface area contributed by atoms with E-state index < -0.39 is 5.54 Å². The molecule has 1 aliphatic heterocycles. The Morgan fingerprint density at radius 2 is 1.46 bits per heavy atom. The summed E-state index contributed by atoms with van der Waals surface area (Å²) in [6.45, 7) is 7.00. The molecule has 0 N–H and O–H groups in total. The SMILES string of the molecule is CC(C)(C(=O)c1ccc(-c2ccc(Br)cc2)cc1)N1CCOCC1. The van der Waals surface area contributed by atoms with Crippen molar-refractivity contribution in [2.75, 3.05) is 26.3 Å². The van der Waals surface area contributed by atoms with Crippen molar-refractivity contribution in [3.05, 3.63) is 58.6 Å². The zero-order valence-corrected chi connectivity index (χ0v) is 15.7. The third kappa shape index (κ3) is 3.61. The topological polar surface area (TPSA) is 29.5 Å². The van der Waals surface area contributed by atoms with Gasteiger partial charge in [-0.1, -0.05) is 52.3 Å². The van der Waals surface area contributed by atoms with Crippen LogP contribution in [0.2, 0.25) is 0 Å². The molecule has 0 radical (unpaired) electrons. The van der Waals surface area contributed by atoms with Crippen LogP contribution in [0.5, 0.6) is 0 Å². The van der Waals surface area contributed by atoms with Crippen LogP contribution in [-0.2, 0) is 4.74 Å². The molecule has 1 fully saturated rings. The van der Waals surface area contributed by atoms with Crippen molar-refractivity contribution in [3.63, 3.8) is 0 Å². The standard InChI is InChI=1S/C20H22BrNO2/c1-20(2,22-11-13-24-14-12-22)19(23)17-5-3-15(4-6-17)16-7-9-18(21)10-8-16/h3-10H,11-14H2,1-2H3. The maximum Gasteiger partial charge on any atom is 0.182 e. The number of rotatable bonds is 4. The number of nitrogens with zero attached hydrogens (tertiary/aromatic N) is 1. The molecule has 2 aromatic carbocycles. The minimum Gasteiger partial charge on any atom is -0.379 e. The van der Waals surface area contributed by atoms with Crippen molar-refractivity contribution < 1.29 is 9.53 Å². The number of carbonyl (C=O) groups is 1. The molecule has 0 amide bonds. The molecule has 126 valence electrons. The molecule has 0 spiro atoms. The summed E-state index contributed by atoms with van der Waals surface area (Å²) in [5, 5.41) is 0. The molecule has 24 heavy (non-hydrogen) atoms. The molecule has 1 aliphatic rings. The highest BCUT2D eigenvalue weighted by Gasteiger charge is 2.35. The van der Waals surface area contributed by atoms with Crippen molar-refractivity contribution in [1.29, 1.82) is 0 Å². The summed E-state index contributed by atoms with van der Waals surface area (Å²) in [5.74, 6) is 0.159. The first kappa shape index (κ1) is 17.3. The van der Waals surface area contributed by atoms with E-state index in [4.69, 9.17) is 4.74 Å². The first-order valence-corrected chi connectivity index (χ1v) is 9.01. The molecule has 3 rings (SSSR count). The summed E-state index contributed by atoms with van der Waals surface area (Å²) in [7, 11) is 0. The number of carbonyl (C=O) groups excluding carboxylic acids is 1. The number of ether oxygens (including phenoxy) is 1. The number of benzene rings is 2. The Bertz CT molecular complexity index is 701. The zero-order chi connectivity index (χ0) is 17.2. The van der Waals surface area contributed by atoms with E-state index in [1.807, 2.05) is 50.2 Å². The van der Waals surface area contributed by atoms with Gasteiger partial charge >= 0.3 is 0 Å². The van der Waals surface area contributed by atoms with E-state index in [1.54, 1.807) is 0 Å². The first-order valence-electron chi connectivity index (χ1n) is 8.22. The average molecular weight is 388 g/mol. The molecule has 4 heteroatoms. The maximum absolute atomic E-state index is 13.0. The van der Waals surface area contributed by atoms with Gasteiger partial charge in [-0.15, -0.1) is 0 Å². The van der Waals surface area contributed by atoms with E-state index in [2.05, 4.69) is 33.0 Å². The predicted molar refractivity (Wildman–Crippen MR) is 100 cm³/mol. The van der Waals surface area contributed by atoms with Gasteiger partial charge in [0.1, 0.15) is 0 Å². The van der Waals surface area contributed by atoms with E-state index in [1.165, 1.54) is 0 Å². The van der Waals surface area contributed by atoms with Crippen LogP contribution < -0.4 is 0 Å². The van der Waals surface area contributed by atoms with Gasteiger partial charge in [-0.05, 0) is 37.1 Å². The monoisotopic (exact) mass is 387 g/mol. The third-order valence-corrected chi connectivity index (χ3v) is 5.21. The van der Waals surface area contributed by atoms with Crippen LogP contribution in [0.3, 0.4) is 0 Å². The van der Waals surface area contributed by atoms with Gasteiger partial charge in [-0.3, -0.25) is 9.69 Å². The van der Waals surface area contributed by atoms with Crippen LogP contribution >= 0.6 is 15.9 Å². The van der Waals surface area contributed by atoms with Crippen LogP contribution in [0, 0.1) is 0 Å². The zero-order valence-electron chi connectivity index (χ0n) is 14.1. The van der Waals surface area contributed by atoms with Crippen LogP contribution in [0.1, 0.15) is 24.2 Å². The Hall–Kier alpha value is -1.49. The molecule has 2 aromatic rings. The second kappa shape index (κ2) is 7.18. The first-order chi connectivity index (χ1) is 11.5. The lowest BCUT2D eigenvalue weighted by molar-refractivity contribution is -0.00429. The Kier molecular flexibility index (Phi) is 5.18. The fraction of sp³-hybridized carbons (Fsp3) is 0.350. The maximum atomic E-state index is 13.0. The van der Waals surface area contributed by atoms with Crippen LogP contribution in [0.25, 0.3) is 11.1 Å². The Morgan fingerprint density at radius 3 is 2.00 bits per heavy atom. The molecule has 0 bridgehead atoms. The summed E-state index contributed by atoms with van der Waals surface area (Å²) in [6.07, 6.45) is 0. The van der Waals surface area contributed by atoms with Gasteiger partial charge in [0, 0.05) is 23.1 Å². The van der Waals surface area contributed by atoms with Crippen LogP contribution in [0.4, 0.5) is 0 Å². The van der Waals surface area contributed by atoms with E-state index in [0.29, 0.717) is 13.2 Å². The number of hydrogen-bond donors (Lipinski definition) is 0. The lowest BCUT2D eigenvalue weighted by Gasteiger charge is -2.39. The number of halogens is 1. The van der Waals surface area contributed by atoms with E-state index >= 15 is 0 Å². The third-order valence-electron chi connectivity index (χ3n) is 4.68. The summed E-state index contributed by atoms with van der Waals surface area (Å²) in [4.78, 5) is 15.2. The Morgan fingerprint density at radius 1 is 0.958 bits per heavy atom. The van der Waals surface area contributed by atoms with Crippen molar-refractivity contribution in [2.45, 2.75) is 19.4 Å². The van der Waals surface area contributed by atoms with Gasteiger partial charge < -0.3 is 4.74 Å². The van der Waals surface area contributed by atoms with E-state index in [0.717, 1.165) is 34.3 Å². The molecule has 0 aliphatic carbocycles. The number of morpholine rings is 1. The average Bonchev–Trinajstić information content (AvgIpc) is 2.62. The van der Waals surface area contributed by atoms with Crippen molar-refractivity contribution in [1.82, 2.24) is 4.90 Å². The van der Waals surface area contributed by atoms with Gasteiger partial charge in [-0.2, -0.15) is 0 Å². The number of hydrogen-bond acceptors (Lipinski definition) is 3. The summed E-state index contributed by atoms with van der Waals surface area (Å²) in [5.41, 5.74) is 2.50. The highest BCUT2D eigenvalue weighted by Crippen LogP contribution is 2.25. The second-order valence-corrected chi connectivity index (χ2v) is 7.49. The van der Waals surface area contributed by atoms with Crippen molar-refractivity contribution in [3.8, 4) is 11.1 Å². The molecule has 0 aromatic heterocycles. The van der Waals surface area contributed by atoms with E-state index in [9.17, 15) is 4.79 Å². The number of Topliss-reactive ketones (excluding diaryl/α,β-unsaturated/α-hetero) is 1. The number of ketones is 1. The molecule has 3 nitrogen and oxygen atoms in total. The lowest BCUT2D eigenvalue weighted by Crippen LogP contribution is -2.54. The molecular formula is C20H22BrNO2. The minimum atomic E-state index is -0.511. The lowest BCUT2D eigenvalue weighted by atomic mass is 9.90. The second-order valence-electron chi connectivity index (χ2n) is 6.57. The van der Waals surface area contributed by atoms with Gasteiger partial charge in [0.15, 0.2) is 5.78 Å². The smallest absolute Gasteiger partial charge is 0.182 e. The van der Waals surface area contributed by atoms with Crippen LogP contribution in [0.15, 0.2) is 53.0 Å². The van der Waals surface area contributed by atoms with Gasteiger partial charge in [0.25, 0.3) is 0 Å². The summed E-state index contributed by atoms with van der Waals surface area (Å²) < 4.78 is 6.46. The predicted octanol–water partition coefficient (Wildman–Crippen LogP) is 4.41. The quantitative estimate of drug-likeness (QED) is 0.727. The van der Waals surface area contributed by atoms with Gasteiger partial charge in [0.05, 0.1) is 18.8 Å². The highest BCUT2D eigenvalue weighted by atomic mass is 79.9. The molecule has 0 unspecified atom stereocenters. The largest absolute Gasteiger partial charge is 0.379 e. The fourth-order valence-corrected chi connectivity index (χ4v) is 3.34. The van der Waals surface area contributed by atoms with E-state index in [-0.39, 0.29) is 5.78 Å². The molecule has 0 saturated carbocycles. The normalized spacial score (nSPS) is 16.1. The molecule has 1 saturated heterocycles. The van der Waals surface area contributed by atoms with Crippen LogP contribution in [-0.4, -0.2) is 42.5 Å². The van der Waals surface area contributed by atoms with Crippen molar-refractivity contribution in [2.24, 2.45) is 0 Å². The highest BCUT2D eigenvalue weighted by molar-refractivity contribution is 9.10. The van der Waals surface area contributed by atoms with Gasteiger partial charge in [0.2, 0.25) is 0 Å². The molecule has 1 heterocycles. The molecular weight excluding hydrogens is 366 g/mol. The Labute approximate surface area is 151 Å². The summed E-state index contributed by atoms with van der Waals surface area (Å²) in [6, 6.07) is 16.1. The Balaban J connectivity index is 1.79.